The topological polar surface area (TPSA) is 159 Å². The fraction of sp³-hybridized carbons (Fsp3) is 0.0588. The van der Waals surface area contributed by atoms with Crippen molar-refractivity contribution in [2.75, 3.05) is 6.61 Å². The van der Waals surface area contributed by atoms with Gasteiger partial charge in [-0.2, -0.15) is 0 Å². The number of carbonyl (C=O) groups is 4. The number of amides is 3. The highest BCUT2D eigenvalue weighted by Gasteiger charge is 2.22. The summed E-state index contributed by atoms with van der Waals surface area (Å²) in [6.45, 7) is -0.795. The van der Waals surface area contributed by atoms with Gasteiger partial charge in [-0.25, -0.2) is 9.59 Å². The van der Waals surface area contributed by atoms with Crippen molar-refractivity contribution in [2.24, 2.45) is 5.73 Å². The average molecular weight is 406 g/mol. The van der Waals surface area contributed by atoms with E-state index in [-0.39, 0.29) is 21.7 Å². The third-order valence-corrected chi connectivity index (χ3v) is 3.71. The molecule has 0 spiro atoms. The van der Waals surface area contributed by atoms with Crippen LogP contribution in [0.25, 0.3) is 0 Å². The van der Waals surface area contributed by atoms with E-state index >= 15 is 0 Å². The molecule has 0 atom stereocenters. The van der Waals surface area contributed by atoms with Crippen LogP contribution >= 0.6 is 11.6 Å². The summed E-state index contributed by atoms with van der Waals surface area (Å²) in [6.07, 6.45) is 0. The molecule has 0 unspecified atom stereocenters. The molecule has 10 nitrogen and oxygen atoms in total. The molecule has 2 aromatic carbocycles. The number of ether oxygens (including phenoxy) is 1. The van der Waals surface area contributed by atoms with Gasteiger partial charge in [0.15, 0.2) is 12.4 Å². The Morgan fingerprint density at radius 3 is 2.36 bits per heavy atom. The lowest BCUT2D eigenvalue weighted by atomic mass is 9.98. The molecule has 0 aliphatic rings. The summed E-state index contributed by atoms with van der Waals surface area (Å²) in [5.41, 5.74) is 3.97. The Morgan fingerprint density at radius 2 is 1.75 bits per heavy atom. The Hall–Kier alpha value is -3.79. The Morgan fingerprint density at radius 1 is 1.11 bits per heavy atom. The van der Waals surface area contributed by atoms with Crippen molar-refractivity contribution in [3.63, 3.8) is 0 Å². The first-order valence-corrected chi connectivity index (χ1v) is 7.92. The summed E-state index contributed by atoms with van der Waals surface area (Å²) in [6, 6.07) is 7.90. The highest BCUT2D eigenvalue weighted by atomic mass is 35.5. The minimum atomic E-state index is -1.11. The first-order chi connectivity index (χ1) is 13.2. The molecule has 0 aromatic heterocycles. The van der Waals surface area contributed by atoms with Crippen LogP contribution in [0.15, 0.2) is 42.5 Å². The fourth-order valence-corrected chi connectivity index (χ4v) is 2.38. The number of benzene rings is 2. The molecule has 0 fully saturated rings. The van der Waals surface area contributed by atoms with Crippen LogP contribution in [0.2, 0.25) is 5.02 Å². The van der Waals surface area contributed by atoms with Crippen molar-refractivity contribution in [1.82, 2.24) is 5.32 Å². The molecular formula is C17H12ClN3O7. The number of carbonyl (C=O) groups excluding carboxylic acids is 4. The molecule has 0 heterocycles. The van der Waals surface area contributed by atoms with Crippen molar-refractivity contribution < 1.29 is 28.8 Å². The summed E-state index contributed by atoms with van der Waals surface area (Å²) in [5, 5.41) is 12.6. The predicted molar refractivity (Wildman–Crippen MR) is 96.0 cm³/mol. The van der Waals surface area contributed by atoms with Gasteiger partial charge in [0, 0.05) is 17.2 Å². The number of ketones is 1. The zero-order valence-electron chi connectivity index (χ0n) is 14.0. The molecule has 0 aliphatic heterocycles. The summed E-state index contributed by atoms with van der Waals surface area (Å²) in [4.78, 5) is 57.1. The lowest BCUT2D eigenvalue weighted by Crippen LogP contribution is -2.37. The van der Waals surface area contributed by atoms with E-state index in [2.05, 4.69) is 0 Å². The van der Waals surface area contributed by atoms with Crippen LogP contribution in [0.4, 0.5) is 10.5 Å². The normalized spacial score (nSPS) is 10.0. The van der Waals surface area contributed by atoms with E-state index in [4.69, 9.17) is 22.1 Å². The Balaban J connectivity index is 2.28. The number of nitrogens with zero attached hydrogens (tertiary/aromatic N) is 1. The molecule has 3 amide bonds. The lowest BCUT2D eigenvalue weighted by Gasteiger charge is -2.09. The smallest absolute Gasteiger partial charge is 0.339 e. The zero-order chi connectivity index (χ0) is 20.8. The summed E-state index contributed by atoms with van der Waals surface area (Å²) >= 11 is 5.73. The van der Waals surface area contributed by atoms with Gasteiger partial charge < -0.3 is 10.5 Å². The molecule has 3 N–H and O–H groups in total. The number of nitrogens with two attached hydrogens (primary N) is 1. The number of nitro groups is 1. The Kier molecular flexibility index (Phi) is 6.40. The fourth-order valence-electron chi connectivity index (χ4n) is 2.19. The van der Waals surface area contributed by atoms with Gasteiger partial charge in [0.2, 0.25) is 0 Å². The number of hydrogen-bond acceptors (Lipinski definition) is 7. The molecule has 28 heavy (non-hydrogen) atoms. The van der Waals surface area contributed by atoms with E-state index in [0.717, 1.165) is 6.07 Å². The second kappa shape index (κ2) is 8.73. The van der Waals surface area contributed by atoms with Crippen LogP contribution in [0.1, 0.15) is 26.3 Å². The monoisotopic (exact) mass is 405 g/mol. The first kappa shape index (κ1) is 20.5. The van der Waals surface area contributed by atoms with Crippen molar-refractivity contribution in [3.8, 4) is 0 Å². The van der Waals surface area contributed by atoms with E-state index in [9.17, 15) is 29.3 Å². The van der Waals surface area contributed by atoms with Crippen LogP contribution in [0.5, 0.6) is 0 Å². The van der Waals surface area contributed by atoms with Gasteiger partial charge in [-0.3, -0.25) is 25.0 Å². The number of esters is 1. The van der Waals surface area contributed by atoms with Crippen LogP contribution in [0, 0.1) is 10.1 Å². The number of nitro benzene ring substituents is 1. The number of hydrogen-bond donors (Lipinski definition) is 2. The largest absolute Gasteiger partial charge is 0.452 e. The van der Waals surface area contributed by atoms with Gasteiger partial charge >= 0.3 is 12.0 Å². The van der Waals surface area contributed by atoms with Gasteiger partial charge in [0.05, 0.1) is 10.5 Å². The molecule has 0 saturated heterocycles. The standard InChI is InChI=1S/C17H12ClN3O7/c18-12-6-5-9(7-13(12)21(26)27)15(23)10-3-1-2-4-11(10)16(24)28-8-14(22)20-17(19)25/h1-7H,8H2,(H3,19,20,22,25). The van der Waals surface area contributed by atoms with Crippen molar-refractivity contribution >= 4 is 41.0 Å². The van der Waals surface area contributed by atoms with Gasteiger partial charge in [-0.15, -0.1) is 0 Å². The predicted octanol–water partition coefficient (Wildman–Crippen LogP) is 1.83. The maximum Gasteiger partial charge on any atom is 0.339 e. The molecular weight excluding hydrogens is 394 g/mol. The van der Waals surface area contributed by atoms with E-state index in [1.54, 1.807) is 5.32 Å². The van der Waals surface area contributed by atoms with E-state index in [0.29, 0.717) is 0 Å². The molecule has 2 aromatic rings. The summed E-state index contributed by atoms with van der Waals surface area (Å²) < 4.78 is 4.76. The van der Waals surface area contributed by atoms with Crippen LogP contribution in [-0.4, -0.2) is 35.2 Å². The van der Waals surface area contributed by atoms with Crippen molar-refractivity contribution in [2.45, 2.75) is 0 Å². The molecule has 0 radical (unpaired) electrons. The number of nitrogens with one attached hydrogen (secondary N) is 1. The highest BCUT2D eigenvalue weighted by molar-refractivity contribution is 6.33. The van der Waals surface area contributed by atoms with Gasteiger partial charge in [-0.05, 0) is 18.2 Å². The number of halogens is 1. The van der Waals surface area contributed by atoms with Gasteiger partial charge in [-0.1, -0.05) is 29.8 Å². The summed E-state index contributed by atoms with van der Waals surface area (Å²) in [5.74, 6) is -2.64. The van der Waals surface area contributed by atoms with E-state index in [1.807, 2.05) is 0 Å². The maximum atomic E-state index is 12.7. The SMILES string of the molecule is NC(=O)NC(=O)COC(=O)c1ccccc1C(=O)c1ccc(Cl)c([N+](=O)[O-])c1. The highest BCUT2D eigenvalue weighted by Crippen LogP contribution is 2.27. The molecule has 144 valence electrons. The van der Waals surface area contributed by atoms with E-state index in [1.165, 1.54) is 36.4 Å². The number of urea groups is 1. The average Bonchev–Trinajstić information content (AvgIpc) is 2.65. The molecule has 0 aliphatic carbocycles. The Labute approximate surface area is 162 Å². The lowest BCUT2D eigenvalue weighted by molar-refractivity contribution is -0.384. The van der Waals surface area contributed by atoms with Gasteiger partial charge in [0.1, 0.15) is 5.02 Å². The molecule has 0 saturated carbocycles. The zero-order valence-corrected chi connectivity index (χ0v) is 14.8. The summed E-state index contributed by atoms with van der Waals surface area (Å²) in [7, 11) is 0. The van der Waals surface area contributed by atoms with Crippen LogP contribution in [-0.2, 0) is 9.53 Å². The first-order valence-electron chi connectivity index (χ1n) is 7.54. The van der Waals surface area contributed by atoms with Crippen molar-refractivity contribution in [1.29, 1.82) is 0 Å². The second-order valence-corrected chi connectivity index (χ2v) is 5.69. The molecule has 2 rings (SSSR count). The number of primary amides is 1. The third-order valence-electron chi connectivity index (χ3n) is 3.39. The number of rotatable bonds is 6. The minimum Gasteiger partial charge on any atom is -0.452 e. The number of imide groups is 1. The van der Waals surface area contributed by atoms with E-state index < -0.39 is 40.9 Å². The minimum absolute atomic E-state index is 0.0668. The van der Waals surface area contributed by atoms with Crippen molar-refractivity contribution in [3.05, 3.63) is 74.3 Å². The molecule has 0 bridgehead atoms. The molecule has 11 heteroatoms. The van der Waals surface area contributed by atoms with Crippen LogP contribution in [0.3, 0.4) is 0 Å². The third kappa shape index (κ3) is 4.89. The maximum absolute atomic E-state index is 12.7. The van der Waals surface area contributed by atoms with Crippen LogP contribution < -0.4 is 11.1 Å². The van der Waals surface area contributed by atoms with Gasteiger partial charge in [0.25, 0.3) is 11.6 Å². The second-order valence-electron chi connectivity index (χ2n) is 5.29. The quantitative estimate of drug-likeness (QED) is 0.321. The Bertz CT molecular complexity index is 990.